The van der Waals surface area contributed by atoms with E-state index in [1.807, 2.05) is 12.1 Å². The van der Waals surface area contributed by atoms with Crippen molar-refractivity contribution in [1.82, 2.24) is 4.90 Å². The van der Waals surface area contributed by atoms with E-state index in [4.69, 9.17) is 14.2 Å². The fourth-order valence-electron chi connectivity index (χ4n) is 3.66. The third-order valence-corrected chi connectivity index (χ3v) is 5.26. The average Bonchev–Trinajstić information content (AvgIpc) is 3.04. The Morgan fingerprint density at radius 2 is 1.75 bits per heavy atom. The van der Waals surface area contributed by atoms with Crippen molar-refractivity contribution in [1.29, 1.82) is 0 Å². The van der Waals surface area contributed by atoms with E-state index in [9.17, 15) is 4.79 Å². The number of esters is 1. The van der Waals surface area contributed by atoms with Crippen LogP contribution in [-0.4, -0.2) is 38.2 Å². The van der Waals surface area contributed by atoms with Crippen LogP contribution in [0, 0.1) is 0 Å². The maximum absolute atomic E-state index is 12.2. The molecule has 5 heteroatoms. The van der Waals surface area contributed by atoms with Crippen LogP contribution in [0.25, 0.3) is 0 Å². The number of benzene rings is 2. The molecule has 0 amide bonds. The van der Waals surface area contributed by atoms with Gasteiger partial charge in [0.1, 0.15) is 6.10 Å². The number of fused-ring (bicyclic) bond motifs is 1. The van der Waals surface area contributed by atoms with Gasteiger partial charge in [-0.25, -0.2) is 4.79 Å². The Morgan fingerprint density at radius 3 is 2.43 bits per heavy atom. The Hall–Kier alpha value is -2.53. The van der Waals surface area contributed by atoms with Crippen molar-refractivity contribution in [2.45, 2.75) is 38.8 Å². The number of nitrogens with zero attached hydrogens (tertiary/aromatic N) is 1. The van der Waals surface area contributed by atoms with Crippen LogP contribution in [0.15, 0.2) is 42.5 Å². The molecule has 0 aromatic heterocycles. The minimum absolute atomic E-state index is 0.202. The van der Waals surface area contributed by atoms with Crippen molar-refractivity contribution in [3.8, 4) is 11.5 Å². The summed E-state index contributed by atoms with van der Waals surface area (Å²) in [7, 11) is 3.17. The molecule has 0 saturated heterocycles. The summed E-state index contributed by atoms with van der Waals surface area (Å²) in [5.74, 6) is 0.906. The van der Waals surface area contributed by atoms with Crippen molar-refractivity contribution in [3.63, 3.8) is 0 Å². The van der Waals surface area contributed by atoms with Gasteiger partial charge < -0.3 is 14.2 Å². The van der Waals surface area contributed by atoms with E-state index >= 15 is 0 Å². The SMILES string of the molecule is CCN(CCCCC1OC(=O)c2cc(OC)c(OC)cc21)Cc1ccccc1. The summed E-state index contributed by atoms with van der Waals surface area (Å²) < 4.78 is 16.3. The zero-order valence-electron chi connectivity index (χ0n) is 16.9. The molecule has 2 aromatic carbocycles. The molecule has 1 aliphatic heterocycles. The van der Waals surface area contributed by atoms with Gasteiger partial charge in [-0.1, -0.05) is 37.3 Å². The third kappa shape index (κ3) is 4.65. The van der Waals surface area contributed by atoms with Crippen molar-refractivity contribution in [2.75, 3.05) is 27.3 Å². The van der Waals surface area contributed by atoms with Gasteiger partial charge in [-0.15, -0.1) is 0 Å². The maximum atomic E-state index is 12.2. The first-order chi connectivity index (χ1) is 13.7. The van der Waals surface area contributed by atoms with Gasteiger partial charge in [0.05, 0.1) is 19.8 Å². The van der Waals surface area contributed by atoms with Crippen molar-refractivity contribution in [3.05, 3.63) is 59.2 Å². The molecule has 5 nitrogen and oxygen atoms in total. The summed E-state index contributed by atoms with van der Waals surface area (Å²) in [5, 5.41) is 0. The molecule has 0 bridgehead atoms. The maximum Gasteiger partial charge on any atom is 0.339 e. The standard InChI is InChI=1S/C23H29NO4/c1-4-24(16-17-10-6-5-7-11-17)13-9-8-12-20-18-14-21(26-2)22(27-3)15-19(18)23(25)28-20/h5-7,10-11,14-15,20H,4,8-9,12-13,16H2,1-3H3. The number of hydrogen-bond donors (Lipinski definition) is 0. The van der Waals surface area contributed by atoms with Crippen LogP contribution >= 0.6 is 0 Å². The Kier molecular flexibility index (Phi) is 6.93. The third-order valence-electron chi connectivity index (χ3n) is 5.26. The minimum atomic E-state index is -0.278. The quantitative estimate of drug-likeness (QED) is 0.443. The van der Waals surface area contributed by atoms with Gasteiger partial charge in [-0.2, -0.15) is 0 Å². The van der Waals surface area contributed by atoms with Gasteiger partial charge in [-0.3, -0.25) is 4.90 Å². The molecule has 0 fully saturated rings. The molecule has 150 valence electrons. The van der Waals surface area contributed by atoms with E-state index < -0.39 is 0 Å². The molecule has 1 heterocycles. The summed E-state index contributed by atoms with van der Waals surface area (Å²) in [6, 6.07) is 14.1. The summed E-state index contributed by atoms with van der Waals surface area (Å²) in [6.45, 7) is 5.21. The van der Waals surface area contributed by atoms with Crippen LogP contribution < -0.4 is 9.47 Å². The predicted molar refractivity (Wildman–Crippen MR) is 109 cm³/mol. The monoisotopic (exact) mass is 383 g/mol. The fourth-order valence-corrected chi connectivity index (χ4v) is 3.66. The normalized spacial score (nSPS) is 15.4. The number of carbonyl (C=O) groups is 1. The minimum Gasteiger partial charge on any atom is -0.493 e. The van der Waals surface area contributed by atoms with E-state index in [0.29, 0.717) is 17.1 Å². The second kappa shape index (κ2) is 9.60. The van der Waals surface area contributed by atoms with Gasteiger partial charge in [0.2, 0.25) is 0 Å². The number of rotatable bonds is 10. The highest BCUT2D eigenvalue weighted by Crippen LogP contribution is 2.40. The molecule has 28 heavy (non-hydrogen) atoms. The van der Waals surface area contributed by atoms with E-state index in [2.05, 4.69) is 36.1 Å². The van der Waals surface area contributed by atoms with Crippen LogP contribution in [0.4, 0.5) is 0 Å². The summed E-state index contributed by atoms with van der Waals surface area (Å²) in [5.41, 5.74) is 2.82. The van der Waals surface area contributed by atoms with Gasteiger partial charge >= 0.3 is 5.97 Å². The molecule has 0 spiro atoms. The van der Waals surface area contributed by atoms with E-state index in [1.165, 1.54) is 5.56 Å². The highest BCUT2D eigenvalue weighted by atomic mass is 16.5. The fraction of sp³-hybridized carbons (Fsp3) is 0.435. The van der Waals surface area contributed by atoms with Gasteiger partial charge in [0.25, 0.3) is 0 Å². The molecular weight excluding hydrogens is 354 g/mol. The van der Waals surface area contributed by atoms with E-state index in [0.717, 1.165) is 44.5 Å². The summed E-state index contributed by atoms with van der Waals surface area (Å²) in [6.07, 6.45) is 2.68. The van der Waals surface area contributed by atoms with Crippen LogP contribution in [0.1, 0.15) is 53.8 Å². The number of methoxy groups -OCH3 is 2. The number of hydrogen-bond acceptors (Lipinski definition) is 5. The highest BCUT2D eigenvalue weighted by molar-refractivity contribution is 5.95. The molecular formula is C23H29NO4. The molecule has 1 unspecified atom stereocenters. The van der Waals surface area contributed by atoms with Crippen molar-refractivity contribution < 1.29 is 19.0 Å². The second-order valence-corrected chi connectivity index (χ2v) is 7.04. The zero-order chi connectivity index (χ0) is 19.9. The first-order valence-corrected chi connectivity index (χ1v) is 9.89. The lowest BCUT2D eigenvalue weighted by Crippen LogP contribution is -2.24. The summed E-state index contributed by atoms with van der Waals surface area (Å²) in [4.78, 5) is 14.6. The largest absolute Gasteiger partial charge is 0.493 e. The lowest BCUT2D eigenvalue weighted by atomic mass is 10.00. The number of cyclic esters (lactones) is 1. The lowest BCUT2D eigenvalue weighted by Gasteiger charge is -2.21. The Bertz CT molecular complexity index is 791. The van der Waals surface area contributed by atoms with Crippen molar-refractivity contribution >= 4 is 5.97 Å². The average molecular weight is 383 g/mol. The van der Waals surface area contributed by atoms with Gasteiger partial charge in [0, 0.05) is 12.1 Å². The number of unbranched alkanes of at least 4 members (excludes halogenated alkanes) is 1. The topological polar surface area (TPSA) is 48.0 Å². The van der Waals surface area contributed by atoms with Crippen LogP contribution in [0.2, 0.25) is 0 Å². The second-order valence-electron chi connectivity index (χ2n) is 7.04. The molecule has 0 radical (unpaired) electrons. The van der Waals surface area contributed by atoms with E-state index in [1.54, 1.807) is 20.3 Å². The Morgan fingerprint density at radius 1 is 1.04 bits per heavy atom. The van der Waals surface area contributed by atoms with Crippen molar-refractivity contribution in [2.24, 2.45) is 0 Å². The highest BCUT2D eigenvalue weighted by Gasteiger charge is 2.32. The molecule has 3 rings (SSSR count). The molecule has 0 saturated carbocycles. The predicted octanol–water partition coefficient (Wildman–Crippen LogP) is 4.61. The number of ether oxygens (including phenoxy) is 3. The first-order valence-electron chi connectivity index (χ1n) is 9.89. The van der Waals surface area contributed by atoms with Gasteiger partial charge in [0.15, 0.2) is 11.5 Å². The Balaban J connectivity index is 1.54. The lowest BCUT2D eigenvalue weighted by molar-refractivity contribution is 0.0361. The smallest absolute Gasteiger partial charge is 0.339 e. The Labute approximate surface area is 167 Å². The molecule has 2 aromatic rings. The molecule has 0 N–H and O–H groups in total. The van der Waals surface area contributed by atoms with Gasteiger partial charge in [-0.05, 0) is 50.0 Å². The van der Waals surface area contributed by atoms with Crippen LogP contribution in [0.3, 0.4) is 0 Å². The summed E-state index contributed by atoms with van der Waals surface area (Å²) >= 11 is 0. The van der Waals surface area contributed by atoms with Crippen LogP contribution in [-0.2, 0) is 11.3 Å². The zero-order valence-corrected chi connectivity index (χ0v) is 16.9. The molecule has 0 aliphatic carbocycles. The molecule has 1 atom stereocenters. The van der Waals surface area contributed by atoms with E-state index in [-0.39, 0.29) is 12.1 Å². The number of carbonyl (C=O) groups excluding carboxylic acids is 1. The van der Waals surface area contributed by atoms with Crippen LogP contribution in [0.5, 0.6) is 11.5 Å². The molecule has 1 aliphatic rings. The first kappa shape index (κ1) is 20.2.